The molecule has 1 N–H and O–H groups in total. The third-order valence-electron chi connectivity index (χ3n) is 3.96. The van der Waals surface area contributed by atoms with E-state index in [1.54, 1.807) is 0 Å². The van der Waals surface area contributed by atoms with E-state index >= 15 is 0 Å². The van der Waals surface area contributed by atoms with Gasteiger partial charge in [-0.25, -0.2) is 4.98 Å². The number of aromatic nitrogens is 1. The zero-order chi connectivity index (χ0) is 14.5. The maximum atomic E-state index is 12.6. The van der Waals surface area contributed by atoms with Crippen LogP contribution in [0.25, 0.3) is 0 Å². The highest BCUT2D eigenvalue weighted by atomic mass is 16.2. The lowest BCUT2D eigenvalue weighted by Crippen LogP contribution is -2.38. The summed E-state index contributed by atoms with van der Waals surface area (Å²) >= 11 is 0. The van der Waals surface area contributed by atoms with Crippen molar-refractivity contribution in [3.8, 4) is 0 Å². The summed E-state index contributed by atoms with van der Waals surface area (Å²) in [6.45, 7) is 6.13. The molecule has 0 bridgehead atoms. The maximum absolute atomic E-state index is 12.6. The molecule has 2 heterocycles. The van der Waals surface area contributed by atoms with E-state index < -0.39 is 0 Å². The largest absolute Gasteiger partial charge is 0.373 e. The highest BCUT2D eigenvalue weighted by Gasteiger charge is 2.22. The molecule has 1 fully saturated rings. The van der Waals surface area contributed by atoms with Crippen molar-refractivity contribution in [3.05, 3.63) is 23.4 Å². The van der Waals surface area contributed by atoms with E-state index in [-0.39, 0.29) is 5.91 Å². The molecule has 1 saturated heterocycles. The van der Waals surface area contributed by atoms with E-state index in [0.717, 1.165) is 61.8 Å². The first-order valence-corrected chi connectivity index (χ1v) is 7.62. The molecule has 2 rings (SSSR count). The summed E-state index contributed by atoms with van der Waals surface area (Å²) in [5.41, 5.74) is 1.76. The molecule has 0 spiro atoms. The lowest BCUT2D eigenvalue weighted by atomic mass is 9.98. The fourth-order valence-corrected chi connectivity index (χ4v) is 2.62. The van der Waals surface area contributed by atoms with E-state index in [1.807, 2.05) is 24.1 Å². The van der Waals surface area contributed by atoms with Crippen molar-refractivity contribution in [3.63, 3.8) is 0 Å². The van der Waals surface area contributed by atoms with Crippen molar-refractivity contribution >= 4 is 11.7 Å². The predicted octanol–water partition coefficient (Wildman–Crippen LogP) is 2.95. The number of aryl methyl sites for hydroxylation is 1. The molecule has 0 aliphatic carbocycles. The second-order valence-corrected chi connectivity index (χ2v) is 5.71. The van der Waals surface area contributed by atoms with Crippen LogP contribution in [-0.4, -0.2) is 35.9 Å². The Morgan fingerprint density at radius 1 is 1.40 bits per heavy atom. The number of nitrogens with one attached hydrogen (secondary N) is 1. The van der Waals surface area contributed by atoms with Gasteiger partial charge in [-0.2, -0.15) is 0 Å². The van der Waals surface area contributed by atoms with Gasteiger partial charge in [0.25, 0.3) is 5.91 Å². The number of rotatable bonds is 4. The van der Waals surface area contributed by atoms with Crippen LogP contribution in [0, 0.1) is 5.92 Å². The third kappa shape index (κ3) is 3.50. The molecule has 0 atom stereocenters. The van der Waals surface area contributed by atoms with Crippen molar-refractivity contribution < 1.29 is 4.79 Å². The fourth-order valence-electron chi connectivity index (χ4n) is 2.62. The van der Waals surface area contributed by atoms with Gasteiger partial charge in [-0.1, -0.05) is 20.3 Å². The normalized spacial score (nSPS) is 16.2. The summed E-state index contributed by atoms with van der Waals surface area (Å²) in [6, 6.07) is 3.81. The predicted molar refractivity (Wildman–Crippen MR) is 82.1 cm³/mol. The van der Waals surface area contributed by atoms with Gasteiger partial charge >= 0.3 is 0 Å². The van der Waals surface area contributed by atoms with Crippen LogP contribution >= 0.6 is 0 Å². The first-order chi connectivity index (χ1) is 9.63. The molecule has 0 radical (unpaired) electrons. The quantitative estimate of drug-likeness (QED) is 0.919. The van der Waals surface area contributed by atoms with Crippen LogP contribution in [0.2, 0.25) is 0 Å². The van der Waals surface area contributed by atoms with Crippen LogP contribution in [-0.2, 0) is 6.42 Å². The Kier molecular flexibility index (Phi) is 4.99. The van der Waals surface area contributed by atoms with Crippen LogP contribution < -0.4 is 5.32 Å². The van der Waals surface area contributed by atoms with Crippen molar-refractivity contribution in [1.82, 2.24) is 9.88 Å². The minimum atomic E-state index is 0.146. The van der Waals surface area contributed by atoms with Gasteiger partial charge in [0.05, 0.1) is 0 Å². The SMILES string of the molecule is CCCc1cc(C(=O)N2CCC(C)CC2)cc(NC)n1. The zero-order valence-corrected chi connectivity index (χ0v) is 12.8. The standard InChI is InChI=1S/C16H25N3O/c1-4-5-14-10-13(11-15(17-3)18-14)16(20)19-8-6-12(2)7-9-19/h10-12H,4-9H2,1-3H3,(H,17,18). The van der Waals surface area contributed by atoms with E-state index in [0.29, 0.717) is 0 Å². The molecule has 110 valence electrons. The van der Waals surface area contributed by atoms with Gasteiger partial charge in [-0.05, 0) is 37.3 Å². The maximum Gasteiger partial charge on any atom is 0.254 e. The lowest BCUT2D eigenvalue weighted by molar-refractivity contribution is 0.0697. The van der Waals surface area contributed by atoms with Crippen LogP contribution in [0.3, 0.4) is 0 Å². The molecule has 0 unspecified atom stereocenters. The van der Waals surface area contributed by atoms with Crippen LogP contribution in [0.5, 0.6) is 0 Å². The van der Waals surface area contributed by atoms with Gasteiger partial charge in [0.2, 0.25) is 0 Å². The van der Waals surface area contributed by atoms with Gasteiger partial charge in [-0.3, -0.25) is 4.79 Å². The van der Waals surface area contributed by atoms with Crippen molar-refractivity contribution in [2.75, 3.05) is 25.5 Å². The van der Waals surface area contributed by atoms with Gasteiger partial charge < -0.3 is 10.2 Å². The molecule has 1 amide bonds. The molecule has 4 nitrogen and oxygen atoms in total. The average molecular weight is 275 g/mol. The molecule has 0 aromatic carbocycles. The Morgan fingerprint density at radius 3 is 2.70 bits per heavy atom. The van der Waals surface area contributed by atoms with Crippen LogP contribution in [0.4, 0.5) is 5.82 Å². The summed E-state index contributed by atoms with van der Waals surface area (Å²) in [5.74, 6) is 1.66. The molecule has 1 aliphatic rings. The monoisotopic (exact) mass is 275 g/mol. The first-order valence-electron chi connectivity index (χ1n) is 7.62. The Labute approximate surface area is 121 Å². The fraction of sp³-hybridized carbons (Fsp3) is 0.625. The summed E-state index contributed by atoms with van der Waals surface area (Å²) in [4.78, 5) is 19.1. The van der Waals surface area contributed by atoms with Crippen LogP contribution in [0.15, 0.2) is 12.1 Å². The van der Waals surface area contributed by atoms with E-state index in [1.165, 1.54) is 0 Å². The van der Waals surface area contributed by atoms with Gasteiger partial charge in [0, 0.05) is 31.4 Å². The molecule has 1 aromatic heterocycles. The van der Waals surface area contributed by atoms with Gasteiger partial charge in [0.15, 0.2) is 0 Å². The zero-order valence-electron chi connectivity index (χ0n) is 12.8. The summed E-state index contributed by atoms with van der Waals surface area (Å²) in [6.07, 6.45) is 4.16. The van der Waals surface area contributed by atoms with Crippen molar-refractivity contribution in [2.45, 2.75) is 39.5 Å². The number of anilines is 1. The summed E-state index contributed by atoms with van der Waals surface area (Å²) in [7, 11) is 1.84. The number of likely N-dealkylation sites (tertiary alicyclic amines) is 1. The second kappa shape index (κ2) is 6.73. The minimum absolute atomic E-state index is 0.146. The highest BCUT2D eigenvalue weighted by molar-refractivity contribution is 5.95. The van der Waals surface area contributed by atoms with E-state index in [4.69, 9.17) is 0 Å². The molecule has 4 heteroatoms. The summed E-state index contributed by atoms with van der Waals surface area (Å²) in [5, 5.41) is 3.05. The number of carbonyl (C=O) groups is 1. The smallest absolute Gasteiger partial charge is 0.254 e. The Balaban J connectivity index is 2.17. The van der Waals surface area contributed by atoms with Crippen LogP contribution in [0.1, 0.15) is 49.2 Å². The minimum Gasteiger partial charge on any atom is -0.373 e. The molecular formula is C16H25N3O. The Bertz CT molecular complexity index is 465. The van der Waals surface area contributed by atoms with E-state index in [9.17, 15) is 4.79 Å². The van der Waals surface area contributed by atoms with Gasteiger partial charge in [0.1, 0.15) is 5.82 Å². The number of pyridine rings is 1. The molecule has 1 aromatic rings. The molecule has 0 saturated carbocycles. The summed E-state index contributed by atoms with van der Waals surface area (Å²) < 4.78 is 0. The number of nitrogens with zero attached hydrogens (tertiary/aromatic N) is 2. The number of piperidine rings is 1. The van der Waals surface area contributed by atoms with E-state index in [2.05, 4.69) is 24.1 Å². The Morgan fingerprint density at radius 2 is 2.10 bits per heavy atom. The average Bonchev–Trinajstić information content (AvgIpc) is 2.47. The van der Waals surface area contributed by atoms with Gasteiger partial charge in [-0.15, -0.1) is 0 Å². The molecule has 20 heavy (non-hydrogen) atoms. The highest BCUT2D eigenvalue weighted by Crippen LogP contribution is 2.20. The number of hydrogen-bond donors (Lipinski definition) is 1. The Hall–Kier alpha value is -1.58. The third-order valence-corrected chi connectivity index (χ3v) is 3.96. The first kappa shape index (κ1) is 14.8. The molecule has 1 aliphatic heterocycles. The number of carbonyl (C=O) groups excluding carboxylic acids is 1. The number of amides is 1. The second-order valence-electron chi connectivity index (χ2n) is 5.71. The lowest BCUT2D eigenvalue weighted by Gasteiger charge is -2.30. The van der Waals surface area contributed by atoms with Crippen molar-refractivity contribution in [1.29, 1.82) is 0 Å². The number of hydrogen-bond acceptors (Lipinski definition) is 3. The van der Waals surface area contributed by atoms with Crippen molar-refractivity contribution in [2.24, 2.45) is 5.92 Å². The topological polar surface area (TPSA) is 45.2 Å². The molecular weight excluding hydrogens is 250 g/mol.